The number of aryl methyl sites for hydroxylation is 1. The number of hydrogen-bond donors (Lipinski definition) is 0. The molecule has 1 aliphatic rings. The zero-order valence-corrected chi connectivity index (χ0v) is 13.7. The first-order valence-electron chi connectivity index (χ1n) is 7.82. The Balaban J connectivity index is 1.49. The summed E-state index contributed by atoms with van der Waals surface area (Å²) in [5.41, 5.74) is 0.772. The molecule has 26 heavy (non-hydrogen) atoms. The van der Waals surface area contributed by atoms with E-state index in [1.165, 1.54) is 18.2 Å². The van der Waals surface area contributed by atoms with Crippen LogP contribution in [-0.4, -0.2) is 25.2 Å². The Labute approximate surface area is 147 Å². The van der Waals surface area contributed by atoms with Crippen molar-refractivity contribution in [2.75, 3.05) is 13.4 Å². The van der Waals surface area contributed by atoms with E-state index in [-0.39, 0.29) is 18.1 Å². The van der Waals surface area contributed by atoms with Crippen molar-refractivity contribution in [1.82, 2.24) is 0 Å². The molecule has 3 aromatic rings. The fourth-order valence-corrected chi connectivity index (χ4v) is 2.75. The molecule has 0 radical (unpaired) electrons. The molecule has 0 saturated carbocycles. The third-order valence-electron chi connectivity index (χ3n) is 4.13. The van der Waals surface area contributed by atoms with Gasteiger partial charge in [-0.25, -0.2) is 9.18 Å². The monoisotopic (exact) mass is 356 g/mol. The largest absolute Gasteiger partial charge is 0.454 e. The molecule has 0 aliphatic carbocycles. The molecule has 1 aromatic heterocycles. The van der Waals surface area contributed by atoms with Crippen molar-refractivity contribution in [2.45, 2.75) is 6.92 Å². The van der Waals surface area contributed by atoms with Crippen LogP contribution in [0.2, 0.25) is 0 Å². The number of carbonyl (C=O) groups excluding carboxylic acids is 2. The number of Topliss-reactive ketones (excluding diaryl/α,β-unsaturated/α-hetero) is 1. The number of hydrogen-bond acceptors (Lipinski definition) is 6. The van der Waals surface area contributed by atoms with Crippen molar-refractivity contribution in [2.24, 2.45) is 0 Å². The number of ether oxygens (including phenoxy) is 3. The Hall–Kier alpha value is -3.35. The van der Waals surface area contributed by atoms with E-state index in [0.717, 1.165) is 0 Å². The number of benzene rings is 2. The molecular weight excluding hydrogens is 343 g/mol. The van der Waals surface area contributed by atoms with Gasteiger partial charge in [0.25, 0.3) is 0 Å². The number of halogens is 1. The lowest BCUT2D eigenvalue weighted by Crippen LogP contribution is -2.14. The van der Waals surface area contributed by atoms with Crippen LogP contribution in [0.15, 0.2) is 40.8 Å². The van der Waals surface area contributed by atoms with Crippen molar-refractivity contribution in [3.8, 4) is 11.5 Å². The van der Waals surface area contributed by atoms with Gasteiger partial charge in [0.15, 0.2) is 35.3 Å². The first-order chi connectivity index (χ1) is 12.5. The minimum atomic E-state index is -0.827. The van der Waals surface area contributed by atoms with Gasteiger partial charge < -0.3 is 18.6 Å². The number of furan rings is 1. The molecule has 0 N–H and O–H groups in total. The van der Waals surface area contributed by atoms with Gasteiger partial charge in [-0.05, 0) is 31.2 Å². The number of carbonyl (C=O) groups is 2. The summed E-state index contributed by atoms with van der Waals surface area (Å²) in [5.74, 6) is -0.905. The van der Waals surface area contributed by atoms with E-state index in [0.29, 0.717) is 28.0 Å². The molecule has 0 amide bonds. The highest BCUT2D eigenvalue weighted by Gasteiger charge is 2.22. The van der Waals surface area contributed by atoms with Gasteiger partial charge in [-0.3, -0.25) is 4.79 Å². The van der Waals surface area contributed by atoms with Crippen LogP contribution in [0.4, 0.5) is 4.39 Å². The third kappa shape index (κ3) is 2.67. The van der Waals surface area contributed by atoms with E-state index in [4.69, 9.17) is 18.6 Å². The number of para-hydroxylation sites is 1. The first kappa shape index (κ1) is 16.1. The van der Waals surface area contributed by atoms with Crippen molar-refractivity contribution in [1.29, 1.82) is 0 Å². The normalized spacial score (nSPS) is 12.4. The van der Waals surface area contributed by atoms with E-state index >= 15 is 0 Å². The topological polar surface area (TPSA) is 75.0 Å². The van der Waals surface area contributed by atoms with Crippen molar-refractivity contribution in [3.63, 3.8) is 0 Å². The lowest BCUT2D eigenvalue weighted by Gasteiger charge is -2.04. The molecule has 2 heterocycles. The smallest absolute Gasteiger partial charge is 0.375 e. The highest BCUT2D eigenvalue weighted by Crippen LogP contribution is 2.32. The van der Waals surface area contributed by atoms with Crippen LogP contribution in [-0.2, 0) is 4.74 Å². The second-order valence-corrected chi connectivity index (χ2v) is 5.74. The van der Waals surface area contributed by atoms with Crippen LogP contribution < -0.4 is 9.47 Å². The Morgan fingerprint density at radius 1 is 1.15 bits per heavy atom. The molecule has 0 saturated heterocycles. The molecule has 0 bridgehead atoms. The van der Waals surface area contributed by atoms with Gasteiger partial charge in [-0.1, -0.05) is 12.1 Å². The molecule has 0 fully saturated rings. The lowest BCUT2D eigenvalue weighted by atomic mass is 10.1. The molecule has 0 unspecified atom stereocenters. The van der Waals surface area contributed by atoms with E-state index in [1.807, 2.05) is 0 Å². The first-order valence-corrected chi connectivity index (χ1v) is 7.82. The highest BCUT2D eigenvalue weighted by molar-refractivity contribution is 6.01. The maximum atomic E-state index is 13.8. The SMILES string of the molecule is Cc1c(C(=O)OCC(=O)c2ccc3c(c2)OCO3)oc2c(F)cccc12. The van der Waals surface area contributed by atoms with E-state index in [1.54, 1.807) is 25.1 Å². The highest BCUT2D eigenvalue weighted by atomic mass is 19.1. The minimum absolute atomic E-state index is 0.0148. The van der Waals surface area contributed by atoms with Crippen LogP contribution in [0, 0.1) is 12.7 Å². The van der Waals surface area contributed by atoms with Gasteiger partial charge in [0, 0.05) is 16.5 Å². The van der Waals surface area contributed by atoms with Crippen molar-refractivity contribution in [3.05, 3.63) is 59.1 Å². The number of ketones is 1. The zero-order valence-electron chi connectivity index (χ0n) is 13.7. The van der Waals surface area contributed by atoms with Crippen LogP contribution in [0.1, 0.15) is 26.5 Å². The lowest BCUT2D eigenvalue weighted by molar-refractivity contribution is 0.0445. The second-order valence-electron chi connectivity index (χ2n) is 5.74. The summed E-state index contributed by atoms with van der Waals surface area (Å²) >= 11 is 0. The van der Waals surface area contributed by atoms with Crippen molar-refractivity contribution < 1.29 is 32.6 Å². The molecule has 6 nitrogen and oxygen atoms in total. The molecule has 1 aliphatic heterocycles. The number of fused-ring (bicyclic) bond motifs is 2. The Morgan fingerprint density at radius 2 is 1.96 bits per heavy atom. The summed E-state index contributed by atoms with van der Waals surface area (Å²) in [6.07, 6.45) is 0. The fourth-order valence-electron chi connectivity index (χ4n) is 2.75. The van der Waals surface area contributed by atoms with Gasteiger partial charge in [0.1, 0.15) is 0 Å². The second kappa shape index (κ2) is 6.18. The van der Waals surface area contributed by atoms with Gasteiger partial charge >= 0.3 is 5.97 Å². The van der Waals surface area contributed by atoms with Crippen LogP contribution in [0.25, 0.3) is 11.0 Å². The van der Waals surface area contributed by atoms with E-state index in [9.17, 15) is 14.0 Å². The summed E-state index contributed by atoms with van der Waals surface area (Å²) in [4.78, 5) is 24.5. The molecule has 7 heteroatoms. The van der Waals surface area contributed by atoms with Crippen LogP contribution in [0.3, 0.4) is 0 Å². The molecule has 2 aromatic carbocycles. The third-order valence-corrected chi connectivity index (χ3v) is 4.13. The maximum absolute atomic E-state index is 13.8. The van der Waals surface area contributed by atoms with E-state index < -0.39 is 24.2 Å². The average Bonchev–Trinajstić information content (AvgIpc) is 3.24. The maximum Gasteiger partial charge on any atom is 0.375 e. The standard InChI is InChI=1S/C19H13FO6/c1-10-12-3-2-4-13(20)18(12)26-17(10)19(22)23-8-14(21)11-5-6-15-16(7-11)25-9-24-15/h2-7H,8-9H2,1H3. The number of rotatable bonds is 4. The summed E-state index contributed by atoms with van der Waals surface area (Å²) < 4.78 is 34.5. The van der Waals surface area contributed by atoms with Gasteiger partial charge in [0.05, 0.1) is 0 Å². The molecular formula is C19H13FO6. The van der Waals surface area contributed by atoms with Crippen molar-refractivity contribution >= 4 is 22.7 Å². The predicted molar refractivity (Wildman–Crippen MR) is 88.1 cm³/mol. The number of esters is 1. The van der Waals surface area contributed by atoms with Gasteiger partial charge in [-0.15, -0.1) is 0 Å². The summed E-state index contributed by atoms with van der Waals surface area (Å²) in [6.45, 7) is 1.25. The minimum Gasteiger partial charge on any atom is -0.454 e. The molecule has 0 atom stereocenters. The van der Waals surface area contributed by atoms with E-state index in [2.05, 4.69) is 0 Å². The predicted octanol–water partition coefficient (Wildman–Crippen LogP) is 3.65. The van der Waals surface area contributed by atoms with Crippen LogP contribution in [0.5, 0.6) is 11.5 Å². The molecule has 0 spiro atoms. The van der Waals surface area contributed by atoms with Gasteiger partial charge in [0.2, 0.25) is 12.6 Å². The zero-order chi connectivity index (χ0) is 18.3. The fraction of sp³-hybridized carbons (Fsp3) is 0.158. The Kier molecular flexibility index (Phi) is 3.84. The molecule has 4 rings (SSSR count). The average molecular weight is 356 g/mol. The Morgan fingerprint density at radius 3 is 2.77 bits per heavy atom. The summed E-state index contributed by atoms with van der Waals surface area (Å²) in [7, 11) is 0. The molecule has 132 valence electrons. The summed E-state index contributed by atoms with van der Waals surface area (Å²) in [5, 5.41) is 0.485. The quantitative estimate of drug-likeness (QED) is 0.525. The van der Waals surface area contributed by atoms with Crippen LogP contribution >= 0.6 is 0 Å². The summed E-state index contributed by atoms with van der Waals surface area (Å²) in [6, 6.07) is 9.11. The Bertz CT molecular complexity index is 1040. The van der Waals surface area contributed by atoms with Gasteiger partial charge in [-0.2, -0.15) is 0 Å².